The van der Waals surface area contributed by atoms with E-state index in [1.165, 1.54) is 0 Å². The van der Waals surface area contributed by atoms with E-state index in [0.717, 1.165) is 15.5 Å². The summed E-state index contributed by atoms with van der Waals surface area (Å²) in [4.78, 5) is 4.08. The number of nitrogens with zero attached hydrogens (tertiary/aromatic N) is 1. The van der Waals surface area contributed by atoms with Crippen LogP contribution < -0.4 is 5.73 Å². The van der Waals surface area contributed by atoms with Crippen molar-refractivity contribution >= 4 is 37.7 Å². The van der Waals surface area contributed by atoms with Gasteiger partial charge in [0.1, 0.15) is 5.82 Å². The van der Waals surface area contributed by atoms with Gasteiger partial charge in [0.15, 0.2) is 0 Å². The Morgan fingerprint density at radius 2 is 2.20 bits per heavy atom. The van der Waals surface area contributed by atoms with Crippen LogP contribution >= 0.6 is 31.9 Å². The van der Waals surface area contributed by atoms with Crippen LogP contribution in [0.5, 0.6) is 0 Å². The molecule has 0 fully saturated rings. The summed E-state index contributed by atoms with van der Waals surface area (Å²) in [5.41, 5.74) is 6.46. The van der Waals surface area contributed by atoms with Crippen LogP contribution in [0.4, 0.5) is 5.82 Å². The van der Waals surface area contributed by atoms with E-state index in [2.05, 4.69) is 36.8 Å². The molecule has 2 N–H and O–H groups in total. The molecule has 0 radical (unpaired) electrons. The lowest BCUT2D eigenvalue weighted by molar-refractivity contribution is 1.18. The number of rotatable bonds is 1. The molecule has 0 bridgehead atoms. The highest BCUT2D eigenvalue weighted by Crippen LogP contribution is 2.17. The first-order valence-electron chi connectivity index (χ1n) is 2.71. The van der Waals surface area contributed by atoms with Crippen LogP contribution in [0, 0.1) is 0 Å². The van der Waals surface area contributed by atoms with E-state index in [4.69, 9.17) is 5.73 Å². The summed E-state index contributed by atoms with van der Waals surface area (Å²) in [6, 6.07) is 3.80. The zero-order valence-electron chi connectivity index (χ0n) is 5.14. The van der Waals surface area contributed by atoms with E-state index in [9.17, 15) is 0 Å². The summed E-state index contributed by atoms with van der Waals surface area (Å²) >= 11 is 6.54. The molecule has 0 spiro atoms. The molecule has 0 saturated heterocycles. The first kappa shape index (κ1) is 8.01. The van der Waals surface area contributed by atoms with Gasteiger partial charge in [0.2, 0.25) is 0 Å². The van der Waals surface area contributed by atoms with Crippen molar-refractivity contribution in [2.75, 3.05) is 5.73 Å². The van der Waals surface area contributed by atoms with Crippen LogP contribution in [-0.2, 0) is 5.33 Å². The van der Waals surface area contributed by atoms with Gasteiger partial charge in [0, 0.05) is 5.33 Å². The van der Waals surface area contributed by atoms with Gasteiger partial charge in [-0.2, -0.15) is 0 Å². The minimum atomic E-state index is 0.539. The molecule has 1 aromatic heterocycles. The Morgan fingerprint density at radius 1 is 1.50 bits per heavy atom. The van der Waals surface area contributed by atoms with Gasteiger partial charge in [-0.25, -0.2) is 4.98 Å². The fourth-order valence-corrected chi connectivity index (χ4v) is 1.11. The van der Waals surface area contributed by atoms with Crippen molar-refractivity contribution in [3.05, 3.63) is 22.3 Å². The first-order chi connectivity index (χ1) is 4.74. The number of pyridine rings is 1. The maximum absolute atomic E-state index is 5.52. The second-order valence-electron chi connectivity index (χ2n) is 1.80. The summed E-state index contributed by atoms with van der Waals surface area (Å²) in [6.45, 7) is 0. The molecule has 1 aromatic rings. The fraction of sp³-hybridized carbons (Fsp3) is 0.167. The number of hydrogen-bond donors (Lipinski definition) is 1. The Kier molecular flexibility index (Phi) is 2.68. The van der Waals surface area contributed by atoms with Crippen molar-refractivity contribution in [2.45, 2.75) is 5.33 Å². The molecule has 1 heterocycles. The summed E-state index contributed by atoms with van der Waals surface area (Å²) in [6.07, 6.45) is 0. The monoisotopic (exact) mass is 264 g/mol. The van der Waals surface area contributed by atoms with Crippen molar-refractivity contribution in [3.8, 4) is 0 Å². The standard InChI is InChI=1S/C6H6Br2N2/c7-3-4-1-2-5(8)6(9)10-4/h1-2H,3H2,(H2,9,10). The Bertz CT molecular complexity index is 237. The Morgan fingerprint density at radius 3 is 2.70 bits per heavy atom. The predicted molar refractivity (Wildman–Crippen MR) is 49.0 cm³/mol. The quantitative estimate of drug-likeness (QED) is 0.792. The second-order valence-corrected chi connectivity index (χ2v) is 3.22. The molecule has 10 heavy (non-hydrogen) atoms. The first-order valence-corrected chi connectivity index (χ1v) is 4.62. The average molecular weight is 266 g/mol. The third kappa shape index (κ3) is 1.70. The molecule has 0 aliphatic rings. The number of hydrogen-bond acceptors (Lipinski definition) is 2. The minimum absolute atomic E-state index is 0.539. The molecule has 1 rings (SSSR count). The Balaban J connectivity index is 3.04. The third-order valence-corrected chi connectivity index (χ3v) is 2.31. The number of nitrogen functional groups attached to an aromatic ring is 1. The zero-order chi connectivity index (χ0) is 7.56. The molecule has 54 valence electrons. The van der Waals surface area contributed by atoms with Gasteiger partial charge in [-0.05, 0) is 28.1 Å². The summed E-state index contributed by atoms with van der Waals surface area (Å²) in [5, 5.41) is 0.741. The Labute approximate surface area is 76.1 Å². The molecule has 0 aliphatic carbocycles. The van der Waals surface area contributed by atoms with E-state index >= 15 is 0 Å². The van der Waals surface area contributed by atoms with Gasteiger partial charge in [0.25, 0.3) is 0 Å². The molecule has 0 aliphatic heterocycles. The highest BCUT2D eigenvalue weighted by atomic mass is 79.9. The van der Waals surface area contributed by atoms with E-state index in [1.807, 2.05) is 12.1 Å². The summed E-state index contributed by atoms with van der Waals surface area (Å²) in [7, 11) is 0. The molecule has 0 amide bonds. The smallest absolute Gasteiger partial charge is 0.138 e. The molecular weight excluding hydrogens is 260 g/mol. The number of alkyl halides is 1. The van der Waals surface area contributed by atoms with Crippen molar-refractivity contribution < 1.29 is 0 Å². The molecule has 0 unspecified atom stereocenters. The lowest BCUT2D eigenvalue weighted by atomic mass is 10.4. The van der Waals surface area contributed by atoms with Crippen LogP contribution in [0.3, 0.4) is 0 Å². The van der Waals surface area contributed by atoms with Crippen LogP contribution in [0.15, 0.2) is 16.6 Å². The van der Waals surface area contributed by atoms with Gasteiger partial charge in [0.05, 0.1) is 10.2 Å². The second kappa shape index (κ2) is 3.34. The molecular formula is C6H6Br2N2. The maximum Gasteiger partial charge on any atom is 0.138 e. The summed E-state index contributed by atoms with van der Waals surface area (Å²) < 4.78 is 0.845. The van der Waals surface area contributed by atoms with Gasteiger partial charge >= 0.3 is 0 Å². The third-order valence-electron chi connectivity index (χ3n) is 1.07. The number of nitrogens with two attached hydrogens (primary N) is 1. The van der Waals surface area contributed by atoms with Crippen LogP contribution in [0.1, 0.15) is 5.69 Å². The number of aromatic nitrogens is 1. The van der Waals surface area contributed by atoms with Gasteiger partial charge in [-0.1, -0.05) is 15.9 Å². The van der Waals surface area contributed by atoms with E-state index in [1.54, 1.807) is 0 Å². The molecule has 2 nitrogen and oxygen atoms in total. The predicted octanol–water partition coefficient (Wildman–Crippen LogP) is 2.32. The highest BCUT2D eigenvalue weighted by molar-refractivity contribution is 9.10. The van der Waals surface area contributed by atoms with Crippen LogP contribution in [-0.4, -0.2) is 4.98 Å². The van der Waals surface area contributed by atoms with Crippen LogP contribution in [0.25, 0.3) is 0 Å². The maximum atomic E-state index is 5.52. The lowest BCUT2D eigenvalue weighted by Gasteiger charge is -1.98. The van der Waals surface area contributed by atoms with Crippen molar-refractivity contribution in [3.63, 3.8) is 0 Å². The number of anilines is 1. The van der Waals surface area contributed by atoms with Crippen molar-refractivity contribution in [1.29, 1.82) is 0 Å². The average Bonchev–Trinajstić information content (AvgIpc) is 1.95. The van der Waals surface area contributed by atoms with Crippen LogP contribution in [0.2, 0.25) is 0 Å². The molecule has 4 heteroatoms. The van der Waals surface area contributed by atoms with E-state index in [0.29, 0.717) is 5.82 Å². The van der Waals surface area contributed by atoms with Crippen molar-refractivity contribution in [2.24, 2.45) is 0 Å². The largest absolute Gasteiger partial charge is 0.383 e. The number of halogens is 2. The lowest BCUT2D eigenvalue weighted by Crippen LogP contribution is -1.93. The van der Waals surface area contributed by atoms with E-state index in [-0.39, 0.29) is 0 Å². The Hall–Kier alpha value is -0.0900. The zero-order valence-corrected chi connectivity index (χ0v) is 8.31. The van der Waals surface area contributed by atoms with Gasteiger partial charge in [-0.3, -0.25) is 0 Å². The molecule has 0 saturated carbocycles. The van der Waals surface area contributed by atoms with Crippen molar-refractivity contribution in [1.82, 2.24) is 4.98 Å². The van der Waals surface area contributed by atoms with Gasteiger partial charge < -0.3 is 5.73 Å². The summed E-state index contributed by atoms with van der Waals surface area (Å²) in [5.74, 6) is 0.539. The van der Waals surface area contributed by atoms with Gasteiger partial charge in [-0.15, -0.1) is 0 Å². The topological polar surface area (TPSA) is 38.9 Å². The highest BCUT2D eigenvalue weighted by Gasteiger charge is 1.96. The fourth-order valence-electron chi connectivity index (χ4n) is 0.575. The SMILES string of the molecule is Nc1nc(CBr)ccc1Br. The van der Waals surface area contributed by atoms with E-state index < -0.39 is 0 Å². The molecule has 0 aromatic carbocycles. The normalized spacial score (nSPS) is 9.80. The molecule has 0 atom stereocenters. The minimum Gasteiger partial charge on any atom is -0.383 e.